The number of fused-ring (bicyclic) bond motifs is 1. The number of nitro benzene ring substituents is 1. The molecule has 0 unspecified atom stereocenters. The smallest absolute Gasteiger partial charge is 0.270 e. The van der Waals surface area contributed by atoms with Crippen molar-refractivity contribution in [1.82, 2.24) is 4.98 Å². The Morgan fingerprint density at radius 2 is 2.10 bits per heavy atom. The lowest BCUT2D eigenvalue weighted by Crippen LogP contribution is -2.01. The predicted octanol–water partition coefficient (Wildman–Crippen LogP) is 4.45. The summed E-state index contributed by atoms with van der Waals surface area (Å²) in [5, 5.41) is 15.2. The Hall–Kier alpha value is -2.34. The Labute approximate surface area is 129 Å². The minimum Gasteiger partial charge on any atom is -0.380 e. The van der Waals surface area contributed by atoms with Crippen molar-refractivity contribution in [3.8, 4) is 0 Å². The van der Waals surface area contributed by atoms with E-state index in [4.69, 9.17) is 0 Å². The van der Waals surface area contributed by atoms with E-state index in [1.807, 2.05) is 24.4 Å². The number of nitro groups is 1. The molecule has 1 heterocycles. The van der Waals surface area contributed by atoms with Crippen LogP contribution in [0.25, 0.3) is 10.9 Å². The molecule has 2 aromatic carbocycles. The quantitative estimate of drug-likeness (QED) is 0.542. The number of H-pyrrole nitrogens is 1. The van der Waals surface area contributed by atoms with Gasteiger partial charge in [0.05, 0.1) is 4.92 Å². The van der Waals surface area contributed by atoms with Gasteiger partial charge in [-0.15, -0.1) is 0 Å². The summed E-state index contributed by atoms with van der Waals surface area (Å²) in [6.07, 6.45) is 1.91. The number of rotatable bonds is 4. The highest BCUT2D eigenvalue weighted by molar-refractivity contribution is 9.10. The number of nitrogens with zero attached hydrogens (tertiary/aromatic N) is 1. The summed E-state index contributed by atoms with van der Waals surface area (Å²) in [7, 11) is 0. The number of non-ortho nitro benzene ring substituents is 1. The highest BCUT2D eigenvalue weighted by Gasteiger charge is 2.09. The molecular formula is C15H12BrN3O2. The molecule has 106 valence electrons. The van der Waals surface area contributed by atoms with E-state index in [0.717, 1.165) is 11.2 Å². The molecule has 0 bridgehead atoms. The van der Waals surface area contributed by atoms with Crippen LogP contribution in [0.3, 0.4) is 0 Å². The molecule has 0 saturated heterocycles. The van der Waals surface area contributed by atoms with E-state index >= 15 is 0 Å². The number of benzene rings is 2. The summed E-state index contributed by atoms with van der Waals surface area (Å²) < 4.78 is 0.679. The first-order valence-electron chi connectivity index (χ1n) is 6.38. The lowest BCUT2D eigenvalue weighted by Gasteiger charge is -2.09. The van der Waals surface area contributed by atoms with E-state index in [-0.39, 0.29) is 5.69 Å². The molecule has 0 amide bonds. The lowest BCUT2D eigenvalue weighted by atomic mass is 10.1. The maximum Gasteiger partial charge on any atom is 0.270 e. The highest BCUT2D eigenvalue weighted by atomic mass is 79.9. The molecular weight excluding hydrogens is 334 g/mol. The molecule has 2 N–H and O–H groups in total. The van der Waals surface area contributed by atoms with Crippen molar-refractivity contribution in [3.05, 3.63) is 68.8 Å². The zero-order valence-corrected chi connectivity index (χ0v) is 12.6. The van der Waals surface area contributed by atoms with Gasteiger partial charge in [0.2, 0.25) is 0 Å². The third-order valence-electron chi connectivity index (χ3n) is 3.32. The number of halogens is 1. The summed E-state index contributed by atoms with van der Waals surface area (Å²) in [5.74, 6) is 0. The summed E-state index contributed by atoms with van der Waals surface area (Å²) in [6.45, 7) is 0.644. The molecule has 5 nitrogen and oxygen atoms in total. The second kappa shape index (κ2) is 5.57. The summed E-state index contributed by atoms with van der Waals surface area (Å²) in [6, 6.07) is 12.8. The molecule has 0 atom stereocenters. The zero-order valence-electron chi connectivity index (χ0n) is 11.0. The van der Waals surface area contributed by atoms with Crippen LogP contribution in [0.4, 0.5) is 11.4 Å². The van der Waals surface area contributed by atoms with Crippen molar-refractivity contribution in [2.45, 2.75) is 6.54 Å². The van der Waals surface area contributed by atoms with Crippen molar-refractivity contribution in [2.75, 3.05) is 5.32 Å². The minimum absolute atomic E-state index is 0.0696. The second-order valence-electron chi connectivity index (χ2n) is 4.63. The molecule has 21 heavy (non-hydrogen) atoms. The molecule has 0 aliphatic rings. The highest BCUT2D eigenvalue weighted by Crippen LogP contribution is 2.28. The maximum absolute atomic E-state index is 10.7. The third-order valence-corrected chi connectivity index (χ3v) is 3.97. The Morgan fingerprint density at radius 3 is 2.86 bits per heavy atom. The van der Waals surface area contributed by atoms with Gasteiger partial charge in [-0.05, 0) is 39.7 Å². The fourth-order valence-corrected chi connectivity index (χ4v) is 2.76. The van der Waals surface area contributed by atoms with Crippen LogP contribution in [-0.4, -0.2) is 9.91 Å². The van der Waals surface area contributed by atoms with Crippen LogP contribution in [0.2, 0.25) is 0 Å². The van der Waals surface area contributed by atoms with Crippen molar-refractivity contribution < 1.29 is 4.92 Å². The van der Waals surface area contributed by atoms with E-state index in [1.165, 1.54) is 23.1 Å². The first-order chi connectivity index (χ1) is 10.1. The van der Waals surface area contributed by atoms with Gasteiger partial charge in [0.15, 0.2) is 0 Å². The van der Waals surface area contributed by atoms with Crippen LogP contribution < -0.4 is 5.32 Å². The van der Waals surface area contributed by atoms with Crippen LogP contribution >= 0.6 is 15.9 Å². The average Bonchev–Trinajstić information content (AvgIpc) is 2.94. The molecule has 3 rings (SSSR count). The van der Waals surface area contributed by atoms with E-state index in [1.54, 1.807) is 6.07 Å². The van der Waals surface area contributed by atoms with Gasteiger partial charge in [-0.1, -0.05) is 12.1 Å². The SMILES string of the molecule is O=[N+]([O-])c1ccc(NCc2cccc3[nH]ccc23)c(Br)c1. The first kappa shape index (κ1) is 13.6. The van der Waals surface area contributed by atoms with Gasteiger partial charge in [-0.3, -0.25) is 10.1 Å². The Bertz CT molecular complexity index is 814. The van der Waals surface area contributed by atoms with E-state index < -0.39 is 4.92 Å². The van der Waals surface area contributed by atoms with Crippen molar-refractivity contribution in [3.63, 3.8) is 0 Å². The fraction of sp³-hybridized carbons (Fsp3) is 0.0667. The number of nitrogens with one attached hydrogen (secondary N) is 2. The summed E-state index contributed by atoms with van der Waals surface area (Å²) in [5.41, 5.74) is 3.16. The van der Waals surface area contributed by atoms with Crippen LogP contribution in [0.15, 0.2) is 53.1 Å². The molecule has 1 aromatic heterocycles. The van der Waals surface area contributed by atoms with Crippen molar-refractivity contribution in [2.24, 2.45) is 0 Å². The van der Waals surface area contributed by atoms with Crippen LogP contribution in [0.1, 0.15) is 5.56 Å². The van der Waals surface area contributed by atoms with E-state index in [9.17, 15) is 10.1 Å². The van der Waals surface area contributed by atoms with E-state index in [0.29, 0.717) is 11.0 Å². The van der Waals surface area contributed by atoms with Gasteiger partial charge in [0, 0.05) is 45.9 Å². The number of aromatic amines is 1. The monoisotopic (exact) mass is 345 g/mol. The van der Waals surface area contributed by atoms with Crippen molar-refractivity contribution >= 4 is 38.2 Å². The standard InChI is InChI=1S/C15H12BrN3O2/c16-13-8-11(19(20)21)4-5-15(13)18-9-10-2-1-3-14-12(10)6-7-17-14/h1-8,17-18H,9H2. The zero-order chi connectivity index (χ0) is 14.8. The molecule has 0 fully saturated rings. The molecule has 0 spiro atoms. The number of hydrogen-bond acceptors (Lipinski definition) is 3. The first-order valence-corrected chi connectivity index (χ1v) is 7.17. The van der Waals surface area contributed by atoms with Crippen molar-refractivity contribution in [1.29, 1.82) is 0 Å². The fourth-order valence-electron chi connectivity index (χ4n) is 2.26. The van der Waals surface area contributed by atoms with Gasteiger partial charge in [-0.25, -0.2) is 0 Å². The van der Waals surface area contributed by atoms with Crippen LogP contribution in [-0.2, 0) is 6.54 Å². The van der Waals surface area contributed by atoms with Crippen LogP contribution in [0, 0.1) is 10.1 Å². The molecule has 3 aromatic rings. The summed E-state index contributed by atoms with van der Waals surface area (Å²) >= 11 is 3.36. The van der Waals surface area contributed by atoms with Gasteiger partial charge >= 0.3 is 0 Å². The molecule has 0 radical (unpaired) electrons. The van der Waals surface area contributed by atoms with E-state index in [2.05, 4.69) is 32.3 Å². The number of hydrogen-bond donors (Lipinski definition) is 2. The van der Waals surface area contributed by atoms with Gasteiger partial charge in [0.1, 0.15) is 0 Å². The number of aromatic nitrogens is 1. The molecule has 0 aliphatic heterocycles. The number of anilines is 1. The Kier molecular flexibility index (Phi) is 3.62. The summed E-state index contributed by atoms with van der Waals surface area (Å²) in [4.78, 5) is 13.5. The maximum atomic E-state index is 10.7. The van der Waals surface area contributed by atoms with Gasteiger partial charge < -0.3 is 10.3 Å². The second-order valence-corrected chi connectivity index (χ2v) is 5.49. The predicted molar refractivity (Wildman–Crippen MR) is 86.4 cm³/mol. The average molecular weight is 346 g/mol. The minimum atomic E-state index is -0.408. The van der Waals surface area contributed by atoms with Gasteiger partial charge in [-0.2, -0.15) is 0 Å². The topological polar surface area (TPSA) is 71.0 Å². The largest absolute Gasteiger partial charge is 0.380 e. The lowest BCUT2D eigenvalue weighted by molar-refractivity contribution is -0.384. The molecule has 0 aliphatic carbocycles. The normalized spacial score (nSPS) is 10.7. The molecule has 0 saturated carbocycles. The Morgan fingerprint density at radius 1 is 1.24 bits per heavy atom. The van der Waals surface area contributed by atoms with Crippen LogP contribution in [0.5, 0.6) is 0 Å². The Balaban J connectivity index is 1.82. The molecule has 6 heteroatoms. The van der Waals surface area contributed by atoms with Gasteiger partial charge in [0.25, 0.3) is 5.69 Å². The third kappa shape index (κ3) is 2.75.